The van der Waals surface area contributed by atoms with E-state index < -0.39 is 0 Å². The summed E-state index contributed by atoms with van der Waals surface area (Å²) in [6.07, 6.45) is 0. The van der Waals surface area contributed by atoms with E-state index in [0.29, 0.717) is 24.2 Å². The largest absolute Gasteiger partial charge is 0.347 e. The fourth-order valence-electron chi connectivity index (χ4n) is 3.46. The molecule has 0 aliphatic heterocycles. The summed E-state index contributed by atoms with van der Waals surface area (Å²) in [5, 5.41) is 0.795. The lowest BCUT2D eigenvalue weighted by Gasteiger charge is -2.45. The number of nitrogens with zero attached hydrogens (tertiary/aromatic N) is 2. The third-order valence-electron chi connectivity index (χ3n) is 4.12. The lowest BCUT2D eigenvalue weighted by Crippen LogP contribution is -2.67. The van der Waals surface area contributed by atoms with Gasteiger partial charge in [0.1, 0.15) is 0 Å². The molecule has 0 saturated carbocycles. The van der Waals surface area contributed by atoms with Crippen molar-refractivity contribution in [1.29, 1.82) is 0 Å². The molecule has 0 unspecified atom stereocenters. The van der Waals surface area contributed by atoms with E-state index in [1.54, 1.807) is 0 Å². The Bertz CT molecular complexity index is 407. The first-order chi connectivity index (χ1) is 10.2. The summed E-state index contributed by atoms with van der Waals surface area (Å²) in [7, 11) is 0. The Morgan fingerprint density at radius 3 is 1.27 bits per heavy atom. The highest BCUT2D eigenvalue weighted by atomic mass is 35.5. The maximum atomic E-state index is 6.10. The number of hydrogen-bond donors (Lipinski definition) is 0. The van der Waals surface area contributed by atoms with Gasteiger partial charge in [0.15, 0.2) is 0 Å². The first-order valence-electron chi connectivity index (χ1n) is 8.47. The third kappa shape index (κ3) is 4.74. The molecular weight excluding hydrogens is 290 g/mol. The lowest BCUT2D eigenvalue weighted by molar-refractivity contribution is 0.228. The quantitative estimate of drug-likeness (QED) is 0.692. The molecule has 0 atom stereocenters. The summed E-state index contributed by atoms with van der Waals surface area (Å²) < 4.78 is 0. The first-order valence-corrected chi connectivity index (χ1v) is 8.84. The molecule has 0 heterocycles. The van der Waals surface area contributed by atoms with E-state index in [1.807, 2.05) is 12.1 Å². The average Bonchev–Trinajstić information content (AvgIpc) is 2.37. The number of halogens is 1. The SMILES string of the molecule is CC(C)N(B(c1ccc(Cl)cc1)N(C(C)C)C(C)C)C(C)C. The van der Waals surface area contributed by atoms with E-state index >= 15 is 0 Å². The first kappa shape index (κ1) is 19.5. The molecule has 4 heteroatoms. The second-order valence-electron chi connectivity index (χ2n) is 7.19. The van der Waals surface area contributed by atoms with Crippen LogP contribution >= 0.6 is 11.6 Å². The Kier molecular flexibility index (Phi) is 7.44. The van der Waals surface area contributed by atoms with Crippen molar-refractivity contribution < 1.29 is 0 Å². The zero-order chi connectivity index (χ0) is 17.0. The van der Waals surface area contributed by atoms with Crippen molar-refractivity contribution in [3.05, 3.63) is 29.3 Å². The van der Waals surface area contributed by atoms with Gasteiger partial charge in [-0.05, 0) is 41.8 Å². The molecule has 22 heavy (non-hydrogen) atoms. The van der Waals surface area contributed by atoms with Gasteiger partial charge >= 0.3 is 6.98 Å². The van der Waals surface area contributed by atoms with Crippen LogP contribution in [0.3, 0.4) is 0 Å². The van der Waals surface area contributed by atoms with E-state index in [2.05, 4.69) is 77.1 Å². The maximum Gasteiger partial charge on any atom is 0.347 e. The highest BCUT2D eigenvalue weighted by molar-refractivity contribution is 6.68. The van der Waals surface area contributed by atoms with E-state index in [-0.39, 0.29) is 6.98 Å². The number of benzene rings is 1. The van der Waals surface area contributed by atoms with E-state index in [4.69, 9.17) is 11.6 Å². The third-order valence-corrected chi connectivity index (χ3v) is 4.37. The van der Waals surface area contributed by atoms with Crippen LogP contribution in [0.5, 0.6) is 0 Å². The van der Waals surface area contributed by atoms with E-state index in [1.165, 1.54) is 5.46 Å². The van der Waals surface area contributed by atoms with Crippen LogP contribution in [-0.2, 0) is 0 Å². The van der Waals surface area contributed by atoms with Gasteiger partial charge in [0.05, 0.1) is 0 Å². The van der Waals surface area contributed by atoms with Crippen LogP contribution in [0, 0.1) is 0 Å². The molecule has 0 aliphatic rings. The summed E-state index contributed by atoms with van der Waals surface area (Å²) in [6.45, 7) is 18.5. The van der Waals surface area contributed by atoms with Crippen LogP contribution in [0.15, 0.2) is 24.3 Å². The Morgan fingerprint density at radius 2 is 1.00 bits per heavy atom. The summed E-state index contributed by atoms with van der Waals surface area (Å²) in [6, 6.07) is 10.2. The Labute approximate surface area is 143 Å². The standard InChI is InChI=1S/C18H32BClN2/c1-13(2)21(14(3)4)19(22(15(5)6)16(7)8)17-9-11-18(20)12-10-17/h9-16H,1-8H3. The minimum Gasteiger partial charge on any atom is -0.320 e. The summed E-state index contributed by atoms with van der Waals surface area (Å²) in [5.74, 6) is 0. The normalized spacial score (nSPS) is 12.5. The minimum absolute atomic E-state index is 0.261. The molecule has 0 spiro atoms. The van der Waals surface area contributed by atoms with E-state index in [0.717, 1.165) is 5.02 Å². The van der Waals surface area contributed by atoms with Crippen molar-refractivity contribution in [2.24, 2.45) is 0 Å². The Morgan fingerprint density at radius 1 is 0.682 bits per heavy atom. The number of hydrogen-bond acceptors (Lipinski definition) is 2. The van der Waals surface area contributed by atoms with Crippen molar-refractivity contribution in [3.63, 3.8) is 0 Å². The van der Waals surface area contributed by atoms with Gasteiger partial charge in [0.25, 0.3) is 0 Å². The molecule has 1 aromatic carbocycles. The predicted octanol–water partition coefficient (Wildman–Crippen LogP) is 4.27. The van der Waals surface area contributed by atoms with Crippen molar-refractivity contribution in [1.82, 2.24) is 9.62 Å². The van der Waals surface area contributed by atoms with Gasteiger partial charge in [-0.15, -0.1) is 0 Å². The van der Waals surface area contributed by atoms with Crippen LogP contribution in [0.1, 0.15) is 55.4 Å². The summed E-state index contributed by atoms with van der Waals surface area (Å²) in [4.78, 5) is 5.17. The monoisotopic (exact) mass is 322 g/mol. The van der Waals surface area contributed by atoms with Crippen LogP contribution in [0.25, 0.3) is 0 Å². The molecule has 0 bridgehead atoms. The molecule has 0 fully saturated rings. The van der Waals surface area contributed by atoms with Gasteiger partial charge in [-0.1, -0.05) is 79.1 Å². The zero-order valence-electron chi connectivity index (χ0n) is 15.5. The lowest BCUT2D eigenvalue weighted by atomic mass is 9.61. The molecule has 124 valence electrons. The Balaban J connectivity index is 3.38. The number of rotatable bonds is 7. The molecule has 0 aromatic heterocycles. The zero-order valence-corrected chi connectivity index (χ0v) is 16.2. The topological polar surface area (TPSA) is 6.48 Å². The van der Waals surface area contributed by atoms with Crippen molar-refractivity contribution in [2.45, 2.75) is 79.6 Å². The van der Waals surface area contributed by atoms with Gasteiger partial charge in [0.2, 0.25) is 0 Å². The Hall–Kier alpha value is -0.505. The van der Waals surface area contributed by atoms with Crippen LogP contribution in [-0.4, -0.2) is 40.8 Å². The summed E-state index contributed by atoms with van der Waals surface area (Å²) >= 11 is 6.10. The van der Waals surface area contributed by atoms with Crippen LogP contribution in [0.4, 0.5) is 0 Å². The van der Waals surface area contributed by atoms with Gasteiger partial charge in [0, 0.05) is 5.02 Å². The molecule has 0 saturated heterocycles. The highest BCUT2D eigenvalue weighted by Gasteiger charge is 2.37. The molecule has 0 aliphatic carbocycles. The smallest absolute Gasteiger partial charge is 0.320 e. The fraction of sp³-hybridized carbons (Fsp3) is 0.667. The minimum atomic E-state index is 0.261. The molecule has 0 amide bonds. The molecule has 0 N–H and O–H groups in total. The molecule has 1 rings (SSSR count). The maximum absolute atomic E-state index is 6.10. The van der Waals surface area contributed by atoms with Crippen LogP contribution in [0.2, 0.25) is 5.02 Å². The van der Waals surface area contributed by atoms with Gasteiger partial charge in [-0.2, -0.15) is 0 Å². The van der Waals surface area contributed by atoms with Gasteiger partial charge < -0.3 is 9.62 Å². The van der Waals surface area contributed by atoms with Crippen molar-refractivity contribution in [2.75, 3.05) is 0 Å². The van der Waals surface area contributed by atoms with Crippen molar-refractivity contribution >= 4 is 24.0 Å². The second-order valence-corrected chi connectivity index (χ2v) is 7.63. The highest BCUT2D eigenvalue weighted by Crippen LogP contribution is 2.18. The van der Waals surface area contributed by atoms with Gasteiger partial charge in [-0.3, -0.25) is 0 Å². The average molecular weight is 323 g/mol. The predicted molar refractivity (Wildman–Crippen MR) is 101 cm³/mol. The molecular formula is C18H32BClN2. The van der Waals surface area contributed by atoms with Gasteiger partial charge in [-0.25, -0.2) is 0 Å². The summed E-state index contributed by atoms with van der Waals surface area (Å²) in [5.41, 5.74) is 1.31. The molecule has 0 radical (unpaired) electrons. The fourth-order valence-corrected chi connectivity index (χ4v) is 3.58. The second kappa shape index (κ2) is 8.38. The van der Waals surface area contributed by atoms with E-state index in [9.17, 15) is 0 Å². The molecule has 1 aromatic rings. The van der Waals surface area contributed by atoms with Crippen LogP contribution < -0.4 is 5.46 Å². The molecule has 2 nitrogen and oxygen atoms in total. The van der Waals surface area contributed by atoms with Crippen molar-refractivity contribution in [3.8, 4) is 0 Å².